The molecule has 3 fully saturated rings. The van der Waals surface area contributed by atoms with E-state index in [4.69, 9.17) is 4.74 Å². The third-order valence-corrected chi connectivity index (χ3v) is 4.63. The van der Waals surface area contributed by atoms with Crippen LogP contribution in [0.2, 0.25) is 0 Å². The fourth-order valence-electron chi connectivity index (χ4n) is 3.42. The van der Waals surface area contributed by atoms with Crippen LogP contribution in [0.5, 0.6) is 0 Å². The molecule has 1 aromatic rings. The molecule has 1 unspecified atom stereocenters. The molecule has 4 nitrogen and oxygen atoms in total. The summed E-state index contributed by atoms with van der Waals surface area (Å²) in [7, 11) is 1.43. The predicted molar refractivity (Wildman–Crippen MR) is 77.6 cm³/mol. The molecule has 0 spiro atoms. The van der Waals surface area contributed by atoms with Gasteiger partial charge in [-0.15, -0.1) is 0 Å². The molecule has 108 valence electrons. The van der Waals surface area contributed by atoms with Crippen LogP contribution in [0, 0.1) is 5.92 Å². The van der Waals surface area contributed by atoms with Crippen molar-refractivity contribution in [2.24, 2.45) is 5.92 Å². The Bertz CT molecular complexity index is 481. The first-order chi connectivity index (χ1) is 9.78. The summed E-state index contributed by atoms with van der Waals surface area (Å²) in [5.41, 5.74) is 1.69. The van der Waals surface area contributed by atoms with Crippen molar-refractivity contribution in [1.82, 2.24) is 10.2 Å². The number of esters is 1. The van der Waals surface area contributed by atoms with E-state index in [1.807, 2.05) is 24.3 Å². The summed E-state index contributed by atoms with van der Waals surface area (Å²) in [4.78, 5) is 14.3. The molecule has 0 aromatic heterocycles. The normalized spacial score (nSPS) is 28.4. The lowest BCUT2D eigenvalue weighted by molar-refractivity contribution is 0.0597. The maximum absolute atomic E-state index is 11.8. The average molecular weight is 274 g/mol. The Morgan fingerprint density at radius 1 is 1.35 bits per heavy atom. The summed E-state index contributed by atoms with van der Waals surface area (Å²) in [6, 6.07) is 8.24. The highest BCUT2D eigenvalue weighted by molar-refractivity contribution is 5.90. The summed E-state index contributed by atoms with van der Waals surface area (Å²) < 4.78 is 4.84. The lowest BCUT2D eigenvalue weighted by Gasteiger charge is -2.45. The van der Waals surface area contributed by atoms with Crippen LogP contribution in [-0.2, 0) is 11.3 Å². The zero-order valence-electron chi connectivity index (χ0n) is 12.0. The molecule has 1 aromatic carbocycles. The number of rotatable bonds is 4. The maximum atomic E-state index is 11.8. The standard InChI is InChI=1S/C16H22N2O2/c1-20-16(19)14-5-3-2-4-13(14)10-17-15-11-18-8-6-12(15)7-9-18/h2-5,12,15,17H,6-11H2,1H3. The molecule has 3 heterocycles. The Kier molecular flexibility index (Phi) is 4.03. The molecular weight excluding hydrogens is 252 g/mol. The molecule has 4 heteroatoms. The molecule has 1 N–H and O–H groups in total. The molecular formula is C16H22N2O2. The highest BCUT2D eigenvalue weighted by atomic mass is 16.5. The van der Waals surface area contributed by atoms with Crippen molar-refractivity contribution < 1.29 is 9.53 Å². The van der Waals surface area contributed by atoms with Crippen LogP contribution < -0.4 is 5.32 Å². The van der Waals surface area contributed by atoms with E-state index < -0.39 is 0 Å². The van der Waals surface area contributed by atoms with Gasteiger partial charge in [0.15, 0.2) is 0 Å². The molecule has 3 aliphatic heterocycles. The number of ether oxygens (including phenoxy) is 1. The van der Waals surface area contributed by atoms with Crippen LogP contribution in [0.25, 0.3) is 0 Å². The zero-order chi connectivity index (χ0) is 13.9. The summed E-state index contributed by atoms with van der Waals surface area (Å²) in [5, 5.41) is 3.64. The van der Waals surface area contributed by atoms with E-state index in [0.717, 1.165) is 24.6 Å². The largest absolute Gasteiger partial charge is 0.465 e. The number of fused-ring (bicyclic) bond motifs is 3. The first-order valence-electron chi connectivity index (χ1n) is 7.40. The first kappa shape index (κ1) is 13.6. The van der Waals surface area contributed by atoms with Gasteiger partial charge >= 0.3 is 5.97 Å². The number of benzene rings is 1. The van der Waals surface area contributed by atoms with E-state index in [1.165, 1.54) is 33.0 Å². The molecule has 2 bridgehead atoms. The highest BCUT2D eigenvalue weighted by Gasteiger charge is 2.33. The number of methoxy groups -OCH3 is 1. The third-order valence-electron chi connectivity index (χ3n) is 4.63. The van der Waals surface area contributed by atoms with Crippen LogP contribution >= 0.6 is 0 Å². The topological polar surface area (TPSA) is 41.6 Å². The van der Waals surface area contributed by atoms with E-state index in [0.29, 0.717) is 11.6 Å². The van der Waals surface area contributed by atoms with E-state index in [9.17, 15) is 4.79 Å². The summed E-state index contributed by atoms with van der Waals surface area (Å²) >= 11 is 0. The third kappa shape index (κ3) is 2.72. The minimum absolute atomic E-state index is 0.253. The highest BCUT2D eigenvalue weighted by Crippen LogP contribution is 2.27. The summed E-state index contributed by atoms with van der Waals surface area (Å²) in [6.07, 6.45) is 2.60. The summed E-state index contributed by atoms with van der Waals surface area (Å²) in [5.74, 6) is 0.543. The number of hydrogen-bond donors (Lipinski definition) is 1. The van der Waals surface area contributed by atoms with Gasteiger partial charge in [0, 0.05) is 19.1 Å². The Hall–Kier alpha value is -1.39. The predicted octanol–water partition coefficient (Wildman–Crippen LogP) is 1.66. The van der Waals surface area contributed by atoms with Gasteiger partial charge in [0.05, 0.1) is 12.7 Å². The van der Waals surface area contributed by atoms with Gasteiger partial charge in [0.2, 0.25) is 0 Å². The van der Waals surface area contributed by atoms with Crippen LogP contribution in [0.15, 0.2) is 24.3 Å². The molecule has 1 atom stereocenters. The zero-order valence-corrected chi connectivity index (χ0v) is 12.0. The van der Waals surface area contributed by atoms with Crippen molar-refractivity contribution in [3.63, 3.8) is 0 Å². The molecule has 20 heavy (non-hydrogen) atoms. The molecule has 0 saturated carbocycles. The van der Waals surface area contributed by atoms with Gasteiger partial charge in [-0.05, 0) is 43.5 Å². The van der Waals surface area contributed by atoms with E-state index in [1.54, 1.807) is 0 Å². The number of nitrogens with one attached hydrogen (secondary N) is 1. The fourth-order valence-corrected chi connectivity index (χ4v) is 3.42. The Labute approximate surface area is 120 Å². The Morgan fingerprint density at radius 2 is 2.10 bits per heavy atom. The van der Waals surface area contributed by atoms with Crippen LogP contribution in [0.4, 0.5) is 0 Å². The Balaban J connectivity index is 1.65. The second-order valence-electron chi connectivity index (χ2n) is 5.77. The minimum Gasteiger partial charge on any atom is -0.465 e. The van der Waals surface area contributed by atoms with Gasteiger partial charge in [-0.3, -0.25) is 0 Å². The van der Waals surface area contributed by atoms with Crippen molar-refractivity contribution in [1.29, 1.82) is 0 Å². The van der Waals surface area contributed by atoms with Crippen LogP contribution in [-0.4, -0.2) is 43.7 Å². The number of piperidine rings is 3. The van der Waals surface area contributed by atoms with Gasteiger partial charge in [-0.25, -0.2) is 4.79 Å². The van der Waals surface area contributed by atoms with E-state index in [2.05, 4.69) is 10.2 Å². The number of carbonyl (C=O) groups excluding carboxylic acids is 1. The summed E-state index contributed by atoms with van der Waals surface area (Å²) in [6.45, 7) is 4.38. The Morgan fingerprint density at radius 3 is 2.75 bits per heavy atom. The van der Waals surface area contributed by atoms with Gasteiger partial charge in [0.25, 0.3) is 0 Å². The fraction of sp³-hybridized carbons (Fsp3) is 0.562. The lowest BCUT2D eigenvalue weighted by Crippen LogP contribution is -2.55. The van der Waals surface area contributed by atoms with Gasteiger partial charge < -0.3 is 15.0 Å². The van der Waals surface area contributed by atoms with Crippen LogP contribution in [0.1, 0.15) is 28.8 Å². The SMILES string of the molecule is COC(=O)c1ccccc1CNC1CN2CCC1CC2. The maximum Gasteiger partial charge on any atom is 0.338 e. The molecule has 0 radical (unpaired) electrons. The van der Waals surface area contributed by atoms with Crippen LogP contribution in [0.3, 0.4) is 0 Å². The quantitative estimate of drug-likeness (QED) is 0.848. The molecule has 4 rings (SSSR count). The van der Waals surface area contributed by atoms with Crippen molar-refractivity contribution >= 4 is 5.97 Å². The van der Waals surface area contributed by atoms with Crippen molar-refractivity contribution in [3.8, 4) is 0 Å². The molecule has 3 saturated heterocycles. The molecule has 3 aliphatic rings. The van der Waals surface area contributed by atoms with E-state index in [-0.39, 0.29) is 5.97 Å². The van der Waals surface area contributed by atoms with Gasteiger partial charge in [-0.2, -0.15) is 0 Å². The second-order valence-corrected chi connectivity index (χ2v) is 5.77. The van der Waals surface area contributed by atoms with Crippen molar-refractivity contribution in [2.45, 2.75) is 25.4 Å². The minimum atomic E-state index is -0.253. The number of carbonyl (C=O) groups is 1. The number of nitrogens with zero attached hydrogens (tertiary/aromatic N) is 1. The van der Waals surface area contributed by atoms with Crippen molar-refractivity contribution in [2.75, 3.05) is 26.7 Å². The monoisotopic (exact) mass is 274 g/mol. The van der Waals surface area contributed by atoms with Gasteiger partial charge in [0.1, 0.15) is 0 Å². The van der Waals surface area contributed by atoms with Crippen molar-refractivity contribution in [3.05, 3.63) is 35.4 Å². The first-order valence-corrected chi connectivity index (χ1v) is 7.40. The average Bonchev–Trinajstić information content (AvgIpc) is 2.53. The molecule has 0 amide bonds. The lowest BCUT2D eigenvalue weighted by atomic mass is 9.84. The van der Waals surface area contributed by atoms with E-state index >= 15 is 0 Å². The second kappa shape index (κ2) is 5.94. The number of hydrogen-bond acceptors (Lipinski definition) is 4. The molecule has 0 aliphatic carbocycles. The smallest absolute Gasteiger partial charge is 0.338 e. The van der Waals surface area contributed by atoms with Gasteiger partial charge in [-0.1, -0.05) is 18.2 Å².